The SMILES string of the molecule is COc1ccc(/C=C\c2cc(OC)c(OC)c(OC)c2)cc1OC(=O)CCC(=O)n1cc(C2CC(=O)NC2=O)c2cc(F)ccc21. The van der Waals surface area contributed by atoms with Gasteiger partial charge in [0.25, 0.3) is 0 Å². The number of fused-ring (bicyclic) bond motifs is 1. The third-order valence-corrected chi connectivity index (χ3v) is 7.52. The third kappa shape index (κ3) is 6.55. The number of esters is 1. The molecule has 0 spiro atoms. The summed E-state index contributed by atoms with van der Waals surface area (Å²) in [6.45, 7) is 0. The van der Waals surface area contributed by atoms with Crippen LogP contribution in [0, 0.1) is 5.82 Å². The molecule has 238 valence electrons. The fourth-order valence-corrected chi connectivity index (χ4v) is 5.29. The fourth-order valence-electron chi connectivity index (χ4n) is 5.29. The Morgan fingerprint density at radius 1 is 0.848 bits per heavy atom. The van der Waals surface area contributed by atoms with Crippen molar-refractivity contribution < 1.29 is 47.3 Å². The van der Waals surface area contributed by atoms with Gasteiger partial charge in [-0.05, 0) is 59.2 Å². The summed E-state index contributed by atoms with van der Waals surface area (Å²) in [6.07, 6.45) is 4.44. The van der Waals surface area contributed by atoms with Crippen LogP contribution in [-0.2, 0) is 14.4 Å². The van der Waals surface area contributed by atoms with Gasteiger partial charge in [-0.25, -0.2) is 4.39 Å². The molecule has 46 heavy (non-hydrogen) atoms. The Morgan fingerprint density at radius 2 is 1.52 bits per heavy atom. The Kier molecular flexibility index (Phi) is 9.36. The lowest BCUT2D eigenvalue weighted by Crippen LogP contribution is -2.21. The van der Waals surface area contributed by atoms with Crippen LogP contribution in [0.4, 0.5) is 4.39 Å². The number of hydrogen-bond donors (Lipinski definition) is 1. The summed E-state index contributed by atoms with van der Waals surface area (Å²) in [4.78, 5) is 50.2. The van der Waals surface area contributed by atoms with Crippen molar-refractivity contribution in [3.63, 3.8) is 0 Å². The first-order valence-electron chi connectivity index (χ1n) is 14.2. The molecule has 3 aromatic carbocycles. The molecule has 2 heterocycles. The second-order valence-corrected chi connectivity index (χ2v) is 10.4. The Morgan fingerprint density at radius 3 is 2.15 bits per heavy atom. The lowest BCUT2D eigenvalue weighted by Gasteiger charge is -2.13. The van der Waals surface area contributed by atoms with Gasteiger partial charge < -0.3 is 23.7 Å². The van der Waals surface area contributed by atoms with E-state index in [1.165, 1.54) is 57.4 Å². The van der Waals surface area contributed by atoms with Crippen LogP contribution < -0.4 is 29.0 Å². The van der Waals surface area contributed by atoms with Gasteiger partial charge in [-0.15, -0.1) is 0 Å². The van der Waals surface area contributed by atoms with Crippen LogP contribution in [0.3, 0.4) is 0 Å². The maximum absolute atomic E-state index is 14.1. The van der Waals surface area contributed by atoms with Gasteiger partial charge in [0.2, 0.25) is 23.5 Å². The monoisotopic (exact) mass is 630 g/mol. The molecule has 5 rings (SSSR count). The first-order chi connectivity index (χ1) is 22.1. The lowest BCUT2D eigenvalue weighted by molar-refractivity contribution is -0.134. The van der Waals surface area contributed by atoms with E-state index in [9.17, 15) is 23.6 Å². The number of rotatable bonds is 11. The molecule has 1 atom stereocenters. The molecule has 1 aliphatic heterocycles. The Balaban J connectivity index is 1.30. The van der Waals surface area contributed by atoms with E-state index in [2.05, 4.69) is 5.32 Å². The van der Waals surface area contributed by atoms with Crippen LogP contribution in [0.2, 0.25) is 0 Å². The van der Waals surface area contributed by atoms with Crippen molar-refractivity contribution in [3.05, 3.63) is 77.2 Å². The van der Waals surface area contributed by atoms with Crippen molar-refractivity contribution in [2.75, 3.05) is 28.4 Å². The van der Waals surface area contributed by atoms with Gasteiger partial charge in [0.15, 0.2) is 23.0 Å². The van der Waals surface area contributed by atoms with E-state index in [-0.39, 0.29) is 25.0 Å². The van der Waals surface area contributed by atoms with E-state index in [0.717, 1.165) is 5.56 Å². The highest BCUT2D eigenvalue weighted by Gasteiger charge is 2.34. The number of carbonyl (C=O) groups excluding carboxylic acids is 4. The topological polar surface area (TPSA) is 131 Å². The number of halogens is 1. The molecule has 1 unspecified atom stereocenters. The zero-order valence-corrected chi connectivity index (χ0v) is 25.5. The Bertz CT molecular complexity index is 1850. The van der Waals surface area contributed by atoms with Gasteiger partial charge in [0.1, 0.15) is 5.82 Å². The molecule has 1 saturated heterocycles. The molecular weight excluding hydrogens is 599 g/mol. The predicted octanol–water partition coefficient (Wildman–Crippen LogP) is 5.14. The Hall–Kier alpha value is -5.65. The average molecular weight is 631 g/mol. The third-order valence-electron chi connectivity index (χ3n) is 7.52. The Labute approximate surface area is 263 Å². The summed E-state index contributed by atoms with van der Waals surface area (Å²) < 4.78 is 42.5. The molecule has 2 amide bonds. The van der Waals surface area contributed by atoms with Crippen molar-refractivity contribution in [2.45, 2.75) is 25.2 Å². The number of benzene rings is 3. The van der Waals surface area contributed by atoms with Crippen molar-refractivity contribution >= 4 is 46.7 Å². The summed E-state index contributed by atoms with van der Waals surface area (Å²) in [6, 6.07) is 12.5. The van der Waals surface area contributed by atoms with Gasteiger partial charge >= 0.3 is 5.97 Å². The summed E-state index contributed by atoms with van der Waals surface area (Å²) in [7, 11) is 6.02. The standard InChI is InChI=1S/C34H31FN2O9/c1-42-26-10-7-19(5-6-20-14-28(43-2)33(45-4)29(15-20)44-3)13-27(26)46-32(40)12-11-31(39)37-18-24(23-17-30(38)36-34(23)41)22-16-21(35)8-9-25(22)37/h5-10,13-16,18,23H,11-12,17H2,1-4H3,(H,36,38,41)/b6-5-. The molecule has 0 radical (unpaired) electrons. The van der Waals surface area contributed by atoms with E-state index < -0.39 is 35.4 Å². The van der Waals surface area contributed by atoms with Crippen LogP contribution in [-0.4, -0.2) is 56.7 Å². The van der Waals surface area contributed by atoms with Crippen LogP contribution in [0.25, 0.3) is 23.1 Å². The number of hydrogen-bond acceptors (Lipinski definition) is 9. The first-order valence-corrected chi connectivity index (χ1v) is 14.2. The minimum absolute atomic E-state index is 0.104. The van der Waals surface area contributed by atoms with Gasteiger partial charge in [-0.3, -0.25) is 29.1 Å². The molecule has 1 fully saturated rings. The summed E-state index contributed by atoms with van der Waals surface area (Å²) in [5.74, 6) is -1.58. The molecule has 1 aromatic heterocycles. The fraction of sp³-hybridized carbons (Fsp3) is 0.235. The number of amides is 2. The molecular formula is C34H31FN2O9. The molecule has 11 nitrogen and oxygen atoms in total. The molecule has 0 aliphatic carbocycles. The van der Waals surface area contributed by atoms with E-state index in [0.29, 0.717) is 45.0 Å². The number of carbonyl (C=O) groups is 4. The summed E-state index contributed by atoms with van der Waals surface area (Å²) in [5.41, 5.74) is 2.18. The maximum atomic E-state index is 14.1. The lowest BCUT2D eigenvalue weighted by atomic mass is 9.97. The smallest absolute Gasteiger partial charge is 0.311 e. The summed E-state index contributed by atoms with van der Waals surface area (Å²) in [5, 5.41) is 2.57. The normalized spacial score (nSPS) is 14.4. The van der Waals surface area contributed by atoms with Crippen LogP contribution >= 0.6 is 0 Å². The largest absolute Gasteiger partial charge is 0.493 e. The molecule has 12 heteroatoms. The minimum atomic E-state index is -0.849. The first kappa shape index (κ1) is 31.8. The van der Waals surface area contributed by atoms with E-state index in [1.54, 1.807) is 36.4 Å². The molecule has 4 aromatic rings. The second-order valence-electron chi connectivity index (χ2n) is 10.4. The number of methoxy groups -OCH3 is 4. The number of nitrogens with zero attached hydrogens (tertiary/aromatic N) is 1. The number of ether oxygens (including phenoxy) is 5. The average Bonchev–Trinajstić information content (AvgIpc) is 3.59. The zero-order chi connectivity index (χ0) is 33.0. The number of nitrogens with one attached hydrogen (secondary N) is 1. The van der Waals surface area contributed by atoms with Crippen LogP contribution in [0.5, 0.6) is 28.7 Å². The van der Waals surface area contributed by atoms with Crippen LogP contribution in [0.15, 0.2) is 54.7 Å². The van der Waals surface area contributed by atoms with E-state index in [4.69, 9.17) is 23.7 Å². The van der Waals surface area contributed by atoms with Gasteiger partial charge in [0, 0.05) is 24.4 Å². The van der Waals surface area contributed by atoms with Gasteiger partial charge in [0.05, 0.1) is 46.3 Å². The van der Waals surface area contributed by atoms with Gasteiger partial charge in [-0.2, -0.15) is 0 Å². The van der Waals surface area contributed by atoms with Gasteiger partial charge in [-0.1, -0.05) is 18.2 Å². The predicted molar refractivity (Wildman–Crippen MR) is 166 cm³/mol. The van der Waals surface area contributed by atoms with E-state index >= 15 is 0 Å². The number of imide groups is 1. The molecule has 1 aliphatic rings. The van der Waals surface area contributed by atoms with Crippen molar-refractivity contribution in [1.29, 1.82) is 0 Å². The zero-order valence-electron chi connectivity index (χ0n) is 25.5. The van der Waals surface area contributed by atoms with Crippen molar-refractivity contribution in [2.24, 2.45) is 0 Å². The highest BCUT2D eigenvalue weighted by molar-refractivity contribution is 6.08. The quantitative estimate of drug-likeness (QED) is 0.104. The molecule has 0 saturated carbocycles. The number of aromatic nitrogens is 1. The highest BCUT2D eigenvalue weighted by Crippen LogP contribution is 2.39. The maximum Gasteiger partial charge on any atom is 0.311 e. The van der Waals surface area contributed by atoms with Crippen molar-refractivity contribution in [3.8, 4) is 28.7 Å². The van der Waals surface area contributed by atoms with Crippen LogP contribution in [0.1, 0.15) is 46.7 Å². The molecule has 0 bridgehead atoms. The van der Waals surface area contributed by atoms with Crippen molar-refractivity contribution in [1.82, 2.24) is 9.88 Å². The molecule has 1 N–H and O–H groups in total. The van der Waals surface area contributed by atoms with E-state index in [1.807, 2.05) is 6.08 Å². The highest BCUT2D eigenvalue weighted by atomic mass is 19.1. The summed E-state index contributed by atoms with van der Waals surface area (Å²) >= 11 is 0. The minimum Gasteiger partial charge on any atom is -0.493 e. The second kappa shape index (κ2) is 13.6.